The molecule has 2 aromatic rings. The predicted octanol–water partition coefficient (Wildman–Crippen LogP) is 2.48. The van der Waals surface area contributed by atoms with Gasteiger partial charge in [0.25, 0.3) is 5.91 Å². The number of hydrogen-bond acceptors (Lipinski definition) is 3. The third-order valence-corrected chi connectivity index (χ3v) is 2.35. The van der Waals surface area contributed by atoms with Crippen molar-refractivity contribution in [3.8, 4) is 6.07 Å². The lowest BCUT2D eigenvalue weighted by atomic mass is 10.1. The van der Waals surface area contributed by atoms with Gasteiger partial charge >= 0.3 is 0 Å². The fraction of sp³-hybridized carbons (Fsp3) is 0. The predicted molar refractivity (Wildman–Crippen MR) is 63.3 cm³/mol. The summed E-state index contributed by atoms with van der Waals surface area (Å²) in [4.78, 5) is 15.1. The number of halogens is 2. The molecule has 0 unspecified atom stereocenters. The molecule has 6 heteroatoms. The quantitative estimate of drug-likeness (QED) is 0.842. The van der Waals surface area contributed by atoms with Gasteiger partial charge in [-0.1, -0.05) is 0 Å². The second kappa shape index (κ2) is 5.23. The molecule has 0 aliphatic rings. The molecule has 1 N–H and O–H groups in total. The highest BCUT2D eigenvalue weighted by Crippen LogP contribution is 2.17. The first-order chi connectivity index (χ1) is 9.11. The van der Waals surface area contributed by atoms with E-state index in [-0.39, 0.29) is 16.8 Å². The number of nitriles is 1. The Morgan fingerprint density at radius 3 is 2.79 bits per heavy atom. The van der Waals surface area contributed by atoms with E-state index in [0.29, 0.717) is 0 Å². The largest absolute Gasteiger partial charge is 0.321 e. The highest BCUT2D eigenvalue weighted by Gasteiger charge is 2.14. The lowest BCUT2D eigenvalue weighted by Crippen LogP contribution is -2.15. The Morgan fingerprint density at radius 1 is 1.32 bits per heavy atom. The van der Waals surface area contributed by atoms with Crippen LogP contribution in [0.5, 0.6) is 0 Å². The summed E-state index contributed by atoms with van der Waals surface area (Å²) in [6.45, 7) is 0. The molecular formula is C13H7F2N3O. The van der Waals surface area contributed by atoms with Crippen molar-refractivity contribution < 1.29 is 13.6 Å². The van der Waals surface area contributed by atoms with Crippen molar-refractivity contribution in [2.45, 2.75) is 0 Å². The van der Waals surface area contributed by atoms with Crippen LogP contribution >= 0.6 is 0 Å². The minimum absolute atomic E-state index is 0.0438. The smallest absolute Gasteiger partial charge is 0.260 e. The van der Waals surface area contributed by atoms with Crippen LogP contribution < -0.4 is 5.32 Å². The summed E-state index contributed by atoms with van der Waals surface area (Å²) in [6, 6.07) is 7.72. The molecule has 1 heterocycles. The van der Waals surface area contributed by atoms with Gasteiger partial charge in [-0.15, -0.1) is 0 Å². The molecule has 0 aliphatic carbocycles. The van der Waals surface area contributed by atoms with Gasteiger partial charge in [-0.3, -0.25) is 4.79 Å². The Bertz CT molecular complexity index is 680. The summed E-state index contributed by atoms with van der Waals surface area (Å²) in [6.07, 6.45) is 1.21. The lowest BCUT2D eigenvalue weighted by Gasteiger charge is -2.07. The van der Waals surface area contributed by atoms with Crippen LogP contribution in [0, 0.1) is 23.1 Å². The minimum atomic E-state index is -0.916. The Morgan fingerprint density at radius 2 is 2.11 bits per heavy atom. The minimum Gasteiger partial charge on any atom is -0.321 e. The molecule has 0 bridgehead atoms. The van der Waals surface area contributed by atoms with Crippen LogP contribution in [0.25, 0.3) is 0 Å². The van der Waals surface area contributed by atoms with Crippen LogP contribution in [0.4, 0.5) is 14.5 Å². The van der Waals surface area contributed by atoms with Crippen LogP contribution in [-0.4, -0.2) is 10.9 Å². The molecule has 94 valence electrons. The zero-order chi connectivity index (χ0) is 13.8. The number of anilines is 1. The monoisotopic (exact) mass is 259 g/mol. The van der Waals surface area contributed by atoms with Crippen molar-refractivity contribution in [1.29, 1.82) is 5.26 Å². The second-order valence-electron chi connectivity index (χ2n) is 3.60. The first-order valence-electron chi connectivity index (χ1n) is 5.23. The topological polar surface area (TPSA) is 65.8 Å². The van der Waals surface area contributed by atoms with Gasteiger partial charge in [-0.05, 0) is 30.3 Å². The van der Waals surface area contributed by atoms with Crippen LogP contribution in [0.2, 0.25) is 0 Å². The Labute approximate surface area is 107 Å². The number of amides is 1. The number of carbonyl (C=O) groups excluding carboxylic acids is 1. The number of aromatic nitrogens is 1. The Balaban J connectivity index is 2.30. The fourth-order valence-corrected chi connectivity index (χ4v) is 1.46. The average Bonchev–Trinajstić information content (AvgIpc) is 2.41. The average molecular weight is 259 g/mol. The van der Waals surface area contributed by atoms with E-state index in [2.05, 4.69) is 10.3 Å². The van der Waals surface area contributed by atoms with E-state index in [1.807, 2.05) is 0 Å². The number of nitrogens with zero attached hydrogens (tertiary/aromatic N) is 2. The van der Waals surface area contributed by atoms with E-state index in [9.17, 15) is 13.6 Å². The molecule has 0 spiro atoms. The molecule has 0 saturated carbocycles. The highest BCUT2D eigenvalue weighted by molar-refractivity contribution is 6.04. The third-order valence-electron chi connectivity index (χ3n) is 2.35. The number of benzene rings is 1. The maximum Gasteiger partial charge on any atom is 0.260 e. The SMILES string of the molecule is N#Cc1cc(F)ccc1NC(=O)c1cccnc1F. The summed E-state index contributed by atoms with van der Waals surface area (Å²) < 4.78 is 26.2. The van der Waals surface area contributed by atoms with E-state index < -0.39 is 17.7 Å². The summed E-state index contributed by atoms with van der Waals surface area (Å²) in [5, 5.41) is 11.2. The lowest BCUT2D eigenvalue weighted by molar-refractivity contribution is 0.102. The molecule has 4 nitrogen and oxygen atoms in total. The molecule has 1 aromatic carbocycles. The first kappa shape index (κ1) is 12.6. The molecule has 0 aliphatic heterocycles. The summed E-state index contributed by atoms with van der Waals surface area (Å²) >= 11 is 0. The molecule has 0 saturated heterocycles. The van der Waals surface area contributed by atoms with Crippen LogP contribution in [0.15, 0.2) is 36.5 Å². The summed E-state index contributed by atoms with van der Waals surface area (Å²) in [5.74, 6) is -2.27. The number of rotatable bonds is 2. The Kier molecular flexibility index (Phi) is 3.48. The molecule has 0 fully saturated rings. The molecule has 2 rings (SSSR count). The molecule has 19 heavy (non-hydrogen) atoms. The second-order valence-corrected chi connectivity index (χ2v) is 3.60. The number of hydrogen-bond donors (Lipinski definition) is 1. The molecule has 0 atom stereocenters. The fourth-order valence-electron chi connectivity index (χ4n) is 1.46. The van der Waals surface area contributed by atoms with Crippen molar-refractivity contribution in [3.63, 3.8) is 0 Å². The number of nitrogens with one attached hydrogen (secondary N) is 1. The number of pyridine rings is 1. The summed E-state index contributed by atoms with van der Waals surface area (Å²) in [5.41, 5.74) is -0.189. The van der Waals surface area contributed by atoms with Gasteiger partial charge in [-0.25, -0.2) is 9.37 Å². The number of carbonyl (C=O) groups is 1. The van der Waals surface area contributed by atoms with E-state index >= 15 is 0 Å². The summed E-state index contributed by atoms with van der Waals surface area (Å²) in [7, 11) is 0. The van der Waals surface area contributed by atoms with Gasteiger partial charge in [0.1, 0.15) is 11.9 Å². The molecule has 1 amide bonds. The van der Waals surface area contributed by atoms with E-state index in [0.717, 1.165) is 12.1 Å². The van der Waals surface area contributed by atoms with E-state index in [4.69, 9.17) is 5.26 Å². The Hall–Kier alpha value is -2.81. The van der Waals surface area contributed by atoms with Crippen molar-refractivity contribution in [3.05, 3.63) is 59.4 Å². The normalized spacial score (nSPS) is 9.74. The van der Waals surface area contributed by atoms with Gasteiger partial charge < -0.3 is 5.32 Å². The molecular weight excluding hydrogens is 252 g/mol. The van der Waals surface area contributed by atoms with Gasteiger partial charge in [0.2, 0.25) is 5.95 Å². The van der Waals surface area contributed by atoms with Crippen molar-refractivity contribution in [2.75, 3.05) is 5.32 Å². The van der Waals surface area contributed by atoms with E-state index in [1.165, 1.54) is 24.4 Å². The van der Waals surface area contributed by atoms with Crippen molar-refractivity contribution >= 4 is 11.6 Å². The first-order valence-corrected chi connectivity index (χ1v) is 5.23. The van der Waals surface area contributed by atoms with Gasteiger partial charge in [0.05, 0.1) is 16.8 Å². The maximum absolute atomic E-state index is 13.3. The molecule has 0 radical (unpaired) electrons. The van der Waals surface area contributed by atoms with Crippen LogP contribution in [0.3, 0.4) is 0 Å². The van der Waals surface area contributed by atoms with Gasteiger partial charge in [0.15, 0.2) is 0 Å². The van der Waals surface area contributed by atoms with Gasteiger partial charge in [-0.2, -0.15) is 9.65 Å². The molecule has 1 aromatic heterocycles. The highest BCUT2D eigenvalue weighted by atomic mass is 19.1. The third kappa shape index (κ3) is 2.72. The van der Waals surface area contributed by atoms with E-state index in [1.54, 1.807) is 6.07 Å². The standard InChI is InChI=1S/C13H7F2N3O/c14-9-3-4-11(8(6-9)7-16)18-13(19)10-2-1-5-17-12(10)15/h1-6H,(H,18,19). The van der Waals surface area contributed by atoms with Crippen LogP contribution in [-0.2, 0) is 0 Å². The zero-order valence-corrected chi connectivity index (χ0v) is 9.52. The van der Waals surface area contributed by atoms with Gasteiger partial charge in [0, 0.05) is 6.20 Å². The maximum atomic E-state index is 13.3. The van der Waals surface area contributed by atoms with Crippen LogP contribution in [0.1, 0.15) is 15.9 Å². The van der Waals surface area contributed by atoms with Crippen molar-refractivity contribution in [2.24, 2.45) is 0 Å². The van der Waals surface area contributed by atoms with Crippen molar-refractivity contribution in [1.82, 2.24) is 4.98 Å². The zero-order valence-electron chi connectivity index (χ0n) is 9.52.